The second kappa shape index (κ2) is 7.71. The van der Waals surface area contributed by atoms with Gasteiger partial charge in [-0.25, -0.2) is 13.8 Å². The minimum absolute atomic E-state index is 0.113. The first-order valence-corrected chi connectivity index (χ1v) is 8.85. The highest BCUT2D eigenvalue weighted by atomic mass is 19.1. The Morgan fingerprint density at radius 1 is 1.10 bits per heavy atom. The van der Waals surface area contributed by atoms with Crippen LogP contribution in [0.4, 0.5) is 8.78 Å². The number of rotatable bonds is 5. The summed E-state index contributed by atoms with van der Waals surface area (Å²) in [5, 5.41) is 3.30. The Kier molecular flexibility index (Phi) is 4.95. The van der Waals surface area contributed by atoms with Crippen LogP contribution in [0.2, 0.25) is 0 Å². The third-order valence-corrected chi connectivity index (χ3v) is 4.40. The van der Waals surface area contributed by atoms with Crippen LogP contribution in [0.25, 0.3) is 11.0 Å². The number of halogens is 2. The lowest BCUT2D eigenvalue weighted by molar-refractivity contribution is 0.0924. The summed E-state index contributed by atoms with van der Waals surface area (Å²) < 4.78 is 38.1. The summed E-state index contributed by atoms with van der Waals surface area (Å²) in [6.45, 7) is 1.81. The van der Waals surface area contributed by atoms with Crippen LogP contribution >= 0.6 is 0 Å². The third-order valence-electron chi connectivity index (χ3n) is 4.40. The van der Waals surface area contributed by atoms with Gasteiger partial charge in [0, 0.05) is 35.3 Å². The number of pyridine rings is 1. The molecule has 0 fully saturated rings. The molecule has 0 saturated carbocycles. The number of amides is 1. The number of nitrogens with one attached hydrogen (secondary N) is 1. The molecule has 5 nitrogen and oxygen atoms in total. The van der Waals surface area contributed by atoms with E-state index in [1.165, 1.54) is 42.6 Å². The summed E-state index contributed by atoms with van der Waals surface area (Å²) in [7, 11) is 0. The predicted molar refractivity (Wildman–Crippen MR) is 103 cm³/mol. The van der Waals surface area contributed by atoms with Gasteiger partial charge in [0.1, 0.15) is 23.0 Å². The summed E-state index contributed by atoms with van der Waals surface area (Å²) in [6.07, 6.45) is 1.54. The molecule has 0 aliphatic heterocycles. The molecule has 2 aromatic carbocycles. The van der Waals surface area contributed by atoms with Crippen LogP contribution in [-0.4, -0.2) is 10.9 Å². The molecule has 29 heavy (non-hydrogen) atoms. The Morgan fingerprint density at radius 2 is 1.93 bits per heavy atom. The van der Waals surface area contributed by atoms with E-state index in [-0.39, 0.29) is 18.2 Å². The molecule has 0 saturated heterocycles. The molecule has 0 bridgehead atoms. The lowest BCUT2D eigenvalue weighted by Crippen LogP contribution is -2.23. The van der Waals surface area contributed by atoms with Crippen molar-refractivity contribution in [1.82, 2.24) is 10.3 Å². The second-order valence-electron chi connectivity index (χ2n) is 6.41. The highest BCUT2D eigenvalue weighted by molar-refractivity contribution is 5.98. The van der Waals surface area contributed by atoms with Crippen molar-refractivity contribution in [3.8, 4) is 11.6 Å². The van der Waals surface area contributed by atoms with Gasteiger partial charge >= 0.3 is 0 Å². The van der Waals surface area contributed by atoms with Crippen molar-refractivity contribution in [2.75, 3.05) is 0 Å². The topological polar surface area (TPSA) is 64.4 Å². The Bertz CT molecular complexity index is 1200. The van der Waals surface area contributed by atoms with Gasteiger partial charge < -0.3 is 14.5 Å². The van der Waals surface area contributed by atoms with Crippen LogP contribution in [0.15, 0.2) is 65.2 Å². The molecule has 0 radical (unpaired) electrons. The Morgan fingerprint density at radius 3 is 2.76 bits per heavy atom. The van der Waals surface area contributed by atoms with Crippen molar-refractivity contribution in [1.29, 1.82) is 0 Å². The van der Waals surface area contributed by atoms with E-state index in [4.69, 9.17) is 9.15 Å². The number of carbonyl (C=O) groups is 1. The lowest BCUT2D eigenvalue weighted by Gasteiger charge is -2.10. The van der Waals surface area contributed by atoms with Crippen LogP contribution in [-0.2, 0) is 6.54 Å². The molecule has 0 atom stereocenters. The van der Waals surface area contributed by atoms with Crippen LogP contribution in [0.3, 0.4) is 0 Å². The van der Waals surface area contributed by atoms with Gasteiger partial charge in [0.25, 0.3) is 5.91 Å². The quantitative estimate of drug-likeness (QED) is 0.509. The number of fused-ring (bicyclic) bond motifs is 1. The zero-order valence-electron chi connectivity index (χ0n) is 15.4. The number of carbonyl (C=O) groups excluding carboxylic acids is 1. The predicted octanol–water partition coefficient (Wildman–Crippen LogP) is 5.14. The average molecular weight is 394 g/mol. The first-order valence-electron chi connectivity index (χ1n) is 8.85. The highest BCUT2D eigenvalue weighted by Crippen LogP contribution is 2.27. The standard InChI is InChI=1S/C22H16F2N2O3/c1-13-18-11-16(24)7-8-19(18)29-20(13)21(27)26-12-14-4-3-9-25-22(14)28-17-6-2-5-15(23)10-17/h2-11H,12H2,1H3,(H,26,27). The van der Waals surface area contributed by atoms with E-state index in [1.54, 1.807) is 25.1 Å². The van der Waals surface area contributed by atoms with Crippen molar-refractivity contribution >= 4 is 16.9 Å². The highest BCUT2D eigenvalue weighted by Gasteiger charge is 2.18. The monoisotopic (exact) mass is 394 g/mol. The molecule has 1 N–H and O–H groups in total. The maximum atomic E-state index is 13.5. The number of aromatic nitrogens is 1. The fourth-order valence-corrected chi connectivity index (χ4v) is 2.96. The molecule has 1 amide bonds. The molecular formula is C22H16F2N2O3. The molecule has 0 aliphatic rings. The number of furan rings is 1. The van der Waals surface area contributed by atoms with E-state index in [0.29, 0.717) is 27.8 Å². The molecule has 0 unspecified atom stereocenters. The van der Waals surface area contributed by atoms with E-state index < -0.39 is 17.5 Å². The SMILES string of the molecule is Cc1c(C(=O)NCc2cccnc2Oc2cccc(F)c2)oc2ccc(F)cc12. The van der Waals surface area contributed by atoms with Gasteiger partial charge in [-0.15, -0.1) is 0 Å². The molecule has 2 heterocycles. The van der Waals surface area contributed by atoms with Crippen LogP contribution < -0.4 is 10.1 Å². The largest absolute Gasteiger partial charge is 0.451 e. The Hall–Kier alpha value is -3.74. The number of ether oxygens (including phenoxy) is 1. The number of nitrogens with zero attached hydrogens (tertiary/aromatic N) is 1. The fraction of sp³-hybridized carbons (Fsp3) is 0.0909. The molecule has 4 aromatic rings. The first kappa shape index (κ1) is 18.6. The van der Waals surface area contributed by atoms with E-state index in [0.717, 1.165) is 0 Å². The summed E-state index contributed by atoms with van der Waals surface area (Å²) in [6, 6.07) is 13.2. The first-order chi connectivity index (χ1) is 14.0. The van der Waals surface area contributed by atoms with Gasteiger partial charge in [-0.3, -0.25) is 4.79 Å². The van der Waals surface area contributed by atoms with Crippen LogP contribution in [0.5, 0.6) is 11.6 Å². The van der Waals surface area contributed by atoms with Crippen molar-refractivity contribution in [2.24, 2.45) is 0 Å². The maximum Gasteiger partial charge on any atom is 0.287 e. The summed E-state index contributed by atoms with van der Waals surface area (Å²) in [5.41, 5.74) is 1.59. The van der Waals surface area contributed by atoms with E-state index in [1.807, 2.05) is 0 Å². The second-order valence-corrected chi connectivity index (χ2v) is 6.41. The van der Waals surface area contributed by atoms with Crippen molar-refractivity contribution in [2.45, 2.75) is 13.5 Å². The zero-order valence-corrected chi connectivity index (χ0v) is 15.4. The normalized spacial score (nSPS) is 10.9. The van der Waals surface area contributed by atoms with Gasteiger partial charge in [0.2, 0.25) is 5.88 Å². The van der Waals surface area contributed by atoms with Crippen molar-refractivity contribution in [3.05, 3.63) is 89.3 Å². The van der Waals surface area contributed by atoms with Gasteiger partial charge in [0.05, 0.1) is 0 Å². The molecule has 0 aliphatic carbocycles. The van der Waals surface area contributed by atoms with Crippen molar-refractivity contribution < 1.29 is 22.7 Å². The van der Waals surface area contributed by atoms with E-state index >= 15 is 0 Å². The lowest BCUT2D eigenvalue weighted by atomic mass is 10.1. The fourth-order valence-electron chi connectivity index (χ4n) is 2.96. The minimum Gasteiger partial charge on any atom is -0.451 e. The molecule has 146 valence electrons. The summed E-state index contributed by atoms with van der Waals surface area (Å²) in [5.74, 6) is -0.608. The molecule has 2 aromatic heterocycles. The molecular weight excluding hydrogens is 378 g/mol. The molecule has 4 rings (SSSR count). The average Bonchev–Trinajstić information content (AvgIpc) is 3.03. The van der Waals surface area contributed by atoms with Gasteiger partial charge in [-0.05, 0) is 43.3 Å². The Balaban J connectivity index is 1.52. The van der Waals surface area contributed by atoms with Gasteiger partial charge in [-0.1, -0.05) is 12.1 Å². The number of aryl methyl sites for hydroxylation is 1. The van der Waals surface area contributed by atoms with E-state index in [9.17, 15) is 13.6 Å². The molecule has 0 spiro atoms. The smallest absolute Gasteiger partial charge is 0.287 e. The Labute approximate surface area is 164 Å². The zero-order chi connectivity index (χ0) is 20.4. The summed E-state index contributed by atoms with van der Waals surface area (Å²) in [4.78, 5) is 16.8. The summed E-state index contributed by atoms with van der Waals surface area (Å²) >= 11 is 0. The van der Waals surface area contributed by atoms with Crippen LogP contribution in [0.1, 0.15) is 21.7 Å². The van der Waals surface area contributed by atoms with Gasteiger partial charge in [0.15, 0.2) is 5.76 Å². The van der Waals surface area contributed by atoms with E-state index in [2.05, 4.69) is 10.3 Å². The van der Waals surface area contributed by atoms with Gasteiger partial charge in [-0.2, -0.15) is 0 Å². The van der Waals surface area contributed by atoms with Crippen molar-refractivity contribution in [3.63, 3.8) is 0 Å². The maximum absolute atomic E-state index is 13.5. The minimum atomic E-state index is -0.445. The number of benzene rings is 2. The third kappa shape index (κ3) is 3.94. The number of hydrogen-bond acceptors (Lipinski definition) is 4. The van der Waals surface area contributed by atoms with Crippen LogP contribution in [0, 0.1) is 18.6 Å². The number of hydrogen-bond donors (Lipinski definition) is 1. The molecule has 7 heteroatoms.